The van der Waals surface area contributed by atoms with Gasteiger partial charge in [-0.1, -0.05) is 23.7 Å². The summed E-state index contributed by atoms with van der Waals surface area (Å²) in [5, 5.41) is 0.670. The fourth-order valence-electron chi connectivity index (χ4n) is 3.19. The first-order valence-electron chi connectivity index (χ1n) is 9.44. The van der Waals surface area contributed by atoms with Crippen LogP contribution in [0.5, 0.6) is 0 Å². The second-order valence-corrected chi connectivity index (χ2v) is 9.11. The molecule has 1 aliphatic rings. The van der Waals surface area contributed by atoms with Crippen LogP contribution >= 0.6 is 11.6 Å². The molecule has 0 aliphatic carbocycles. The highest BCUT2D eigenvalue weighted by molar-refractivity contribution is 6.30. The minimum atomic E-state index is -0.692. The number of carbonyl (C=O) groups excluding carboxylic acids is 2. The lowest BCUT2D eigenvalue weighted by Crippen LogP contribution is -2.51. The van der Waals surface area contributed by atoms with Gasteiger partial charge >= 0.3 is 12.1 Å². The smallest absolute Gasteiger partial charge is 0.411 e. The fourth-order valence-corrected chi connectivity index (χ4v) is 3.31. The summed E-state index contributed by atoms with van der Waals surface area (Å²) in [6.07, 6.45) is 2.44. The van der Waals surface area contributed by atoms with Crippen LogP contribution in [-0.4, -0.2) is 40.8 Å². The van der Waals surface area contributed by atoms with E-state index in [9.17, 15) is 9.59 Å². The molecule has 150 valence electrons. The number of hydrogen-bond donors (Lipinski definition) is 0. The van der Waals surface area contributed by atoms with Gasteiger partial charge in [-0.25, -0.2) is 9.59 Å². The Balaban J connectivity index is 2.04. The van der Waals surface area contributed by atoms with Gasteiger partial charge in [0.05, 0.1) is 0 Å². The van der Waals surface area contributed by atoms with Gasteiger partial charge in [-0.3, -0.25) is 4.90 Å². The number of piperidine rings is 1. The second-order valence-electron chi connectivity index (χ2n) is 8.67. The lowest BCUT2D eigenvalue weighted by atomic mass is 9.97. The summed E-state index contributed by atoms with van der Waals surface area (Å²) >= 11 is 5.93. The Morgan fingerprint density at radius 2 is 1.70 bits per heavy atom. The Morgan fingerprint density at radius 1 is 1.07 bits per heavy atom. The highest BCUT2D eigenvalue weighted by atomic mass is 35.5. The van der Waals surface area contributed by atoms with Crippen LogP contribution in [0.25, 0.3) is 0 Å². The van der Waals surface area contributed by atoms with E-state index in [4.69, 9.17) is 21.1 Å². The molecule has 5 nitrogen and oxygen atoms in total. The average Bonchev–Trinajstić information content (AvgIpc) is 2.54. The van der Waals surface area contributed by atoms with E-state index in [1.54, 1.807) is 0 Å². The molecule has 0 aromatic heterocycles. The summed E-state index contributed by atoms with van der Waals surface area (Å²) in [4.78, 5) is 26.9. The van der Waals surface area contributed by atoms with E-state index in [0.29, 0.717) is 24.4 Å². The third kappa shape index (κ3) is 6.73. The Bertz CT molecular complexity index is 664. The average molecular weight is 396 g/mol. The van der Waals surface area contributed by atoms with Gasteiger partial charge in [0.2, 0.25) is 0 Å². The summed E-state index contributed by atoms with van der Waals surface area (Å²) in [5.74, 6) is -0.375. The van der Waals surface area contributed by atoms with Crippen molar-refractivity contribution in [3.63, 3.8) is 0 Å². The van der Waals surface area contributed by atoms with E-state index < -0.39 is 23.3 Å². The van der Waals surface area contributed by atoms with Gasteiger partial charge in [0.25, 0.3) is 0 Å². The molecule has 0 saturated carbocycles. The molecule has 1 aliphatic heterocycles. The number of esters is 1. The fraction of sp³-hybridized carbons (Fsp3) is 0.619. The quantitative estimate of drug-likeness (QED) is 0.673. The van der Waals surface area contributed by atoms with Gasteiger partial charge in [0, 0.05) is 18.0 Å². The zero-order valence-corrected chi connectivity index (χ0v) is 17.6. The van der Waals surface area contributed by atoms with Gasteiger partial charge in [-0.05, 0) is 71.6 Å². The summed E-state index contributed by atoms with van der Waals surface area (Å²) in [5.41, 5.74) is -0.261. The number of halogens is 1. The van der Waals surface area contributed by atoms with Crippen molar-refractivity contribution >= 4 is 23.7 Å². The minimum absolute atomic E-state index is 0.375. The van der Waals surface area contributed by atoms with Crippen LogP contribution in [0.15, 0.2) is 24.3 Å². The molecule has 1 fully saturated rings. The molecule has 1 unspecified atom stereocenters. The molecule has 6 heteroatoms. The Labute approximate surface area is 167 Å². The summed E-state index contributed by atoms with van der Waals surface area (Å²) < 4.78 is 11.3. The number of carbonyl (C=O) groups is 2. The highest BCUT2D eigenvalue weighted by Crippen LogP contribution is 2.25. The first kappa shape index (κ1) is 21.5. The third-order valence-corrected chi connectivity index (χ3v) is 4.57. The second kappa shape index (κ2) is 8.51. The van der Waals surface area contributed by atoms with Crippen molar-refractivity contribution in [2.45, 2.75) is 77.5 Å². The van der Waals surface area contributed by atoms with Gasteiger partial charge in [0.1, 0.15) is 17.2 Å². The molecular weight excluding hydrogens is 366 g/mol. The van der Waals surface area contributed by atoms with Crippen LogP contribution in [0.2, 0.25) is 5.02 Å². The van der Waals surface area contributed by atoms with E-state index in [-0.39, 0.29) is 5.97 Å². The van der Waals surface area contributed by atoms with E-state index in [2.05, 4.69) is 0 Å². The standard InChI is InChI=1S/C21H30ClNO4/c1-20(2,3)27-19(25)23-13-7-6-8-17(23)18(24)26-21(4,5)14-15-9-11-16(22)12-10-15/h9-12,17H,6-8,13-14H2,1-5H3. The number of ether oxygens (including phenoxy) is 2. The number of hydrogen-bond acceptors (Lipinski definition) is 4. The summed E-state index contributed by atoms with van der Waals surface area (Å²) in [6, 6.07) is 6.88. The lowest BCUT2D eigenvalue weighted by molar-refractivity contribution is -0.164. The number of benzene rings is 1. The van der Waals surface area contributed by atoms with Crippen LogP contribution in [0.1, 0.15) is 59.4 Å². The zero-order valence-electron chi connectivity index (χ0n) is 16.9. The van der Waals surface area contributed by atoms with Gasteiger partial charge in [0.15, 0.2) is 0 Å². The van der Waals surface area contributed by atoms with E-state index >= 15 is 0 Å². The maximum atomic E-state index is 12.8. The molecule has 0 radical (unpaired) electrons. The molecule has 0 N–H and O–H groups in total. The highest BCUT2D eigenvalue weighted by Gasteiger charge is 2.38. The SMILES string of the molecule is CC(C)(C)OC(=O)N1CCCCC1C(=O)OC(C)(C)Cc1ccc(Cl)cc1. The molecule has 1 heterocycles. The van der Waals surface area contributed by atoms with Crippen LogP contribution in [0.4, 0.5) is 4.79 Å². The van der Waals surface area contributed by atoms with Crippen LogP contribution in [-0.2, 0) is 20.7 Å². The largest absolute Gasteiger partial charge is 0.458 e. The molecule has 1 atom stereocenters. The maximum Gasteiger partial charge on any atom is 0.411 e. The van der Waals surface area contributed by atoms with Crippen molar-refractivity contribution < 1.29 is 19.1 Å². The third-order valence-electron chi connectivity index (χ3n) is 4.32. The predicted octanol–water partition coefficient (Wildman–Crippen LogP) is 4.99. The zero-order chi connectivity index (χ0) is 20.2. The van der Waals surface area contributed by atoms with E-state index in [1.165, 1.54) is 4.90 Å². The van der Waals surface area contributed by atoms with Crippen molar-refractivity contribution in [3.05, 3.63) is 34.9 Å². The summed E-state index contributed by atoms with van der Waals surface area (Å²) in [7, 11) is 0. The topological polar surface area (TPSA) is 55.8 Å². The maximum absolute atomic E-state index is 12.8. The van der Waals surface area contributed by atoms with Crippen molar-refractivity contribution in [1.29, 1.82) is 0 Å². The lowest BCUT2D eigenvalue weighted by Gasteiger charge is -2.37. The van der Waals surface area contributed by atoms with E-state index in [0.717, 1.165) is 18.4 Å². The Morgan fingerprint density at radius 3 is 2.30 bits per heavy atom. The number of nitrogens with zero attached hydrogens (tertiary/aromatic N) is 1. The van der Waals surface area contributed by atoms with Crippen molar-refractivity contribution in [2.75, 3.05) is 6.54 Å². The summed E-state index contributed by atoms with van der Waals surface area (Å²) in [6.45, 7) is 9.71. The number of rotatable bonds is 4. The van der Waals surface area contributed by atoms with Gasteiger partial charge < -0.3 is 9.47 Å². The minimum Gasteiger partial charge on any atom is -0.458 e. The Hall–Kier alpha value is -1.75. The van der Waals surface area contributed by atoms with Crippen LogP contribution in [0, 0.1) is 0 Å². The Kier molecular flexibility index (Phi) is 6.79. The molecular formula is C21H30ClNO4. The monoisotopic (exact) mass is 395 g/mol. The van der Waals surface area contributed by atoms with Crippen molar-refractivity contribution in [2.24, 2.45) is 0 Å². The molecule has 1 amide bonds. The van der Waals surface area contributed by atoms with Crippen LogP contribution < -0.4 is 0 Å². The van der Waals surface area contributed by atoms with Crippen molar-refractivity contribution in [1.82, 2.24) is 4.90 Å². The van der Waals surface area contributed by atoms with Crippen molar-refractivity contribution in [3.8, 4) is 0 Å². The molecule has 1 aromatic rings. The number of likely N-dealkylation sites (tertiary alicyclic amines) is 1. The predicted molar refractivity (Wildman–Crippen MR) is 106 cm³/mol. The molecule has 0 bridgehead atoms. The van der Waals surface area contributed by atoms with Gasteiger partial charge in [-0.2, -0.15) is 0 Å². The molecule has 2 rings (SSSR count). The number of amides is 1. The molecule has 0 spiro atoms. The first-order chi connectivity index (χ1) is 12.5. The van der Waals surface area contributed by atoms with E-state index in [1.807, 2.05) is 58.9 Å². The first-order valence-corrected chi connectivity index (χ1v) is 9.82. The molecule has 1 saturated heterocycles. The van der Waals surface area contributed by atoms with Crippen LogP contribution in [0.3, 0.4) is 0 Å². The molecule has 1 aromatic carbocycles. The normalized spacial score (nSPS) is 18.1. The molecule has 27 heavy (non-hydrogen) atoms. The van der Waals surface area contributed by atoms with Gasteiger partial charge in [-0.15, -0.1) is 0 Å².